The largest absolute Gasteiger partial charge is 0.492 e. The Bertz CT molecular complexity index is 278. The molecular weight excluding hydrogens is 190 g/mol. The van der Waals surface area contributed by atoms with Gasteiger partial charge in [0.2, 0.25) is 0 Å². The van der Waals surface area contributed by atoms with Crippen molar-refractivity contribution in [3.05, 3.63) is 28.8 Å². The second-order valence-electron chi connectivity index (χ2n) is 2.67. The van der Waals surface area contributed by atoms with Gasteiger partial charge in [0.25, 0.3) is 0 Å². The number of hydroxylamine groups is 1. The molecule has 72 valence electrons. The highest BCUT2D eigenvalue weighted by Crippen LogP contribution is 2.20. The molecule has 2 N–H and O–H groups in total. The zero-order valence-electron chi connectivity index (χ0n) is 7.38. The summed E-state index contributed by atoms with van der Waals surface area (Å²) in [5.41, 5.74) is 3.00. The summed E-state index contributed by atoms with van der Waals surface area (Å²) in [5.74, 6) is 0.761. The Kier molecular flexibility index (Phi) is 4.02. The molecule has 0 amide bonds. The summed E-state index contributed by atoms with van der Waals surface area (Å²) in [6, 6.07) is 5.45. The van der Waals surface area contributed by atoms with Crippen LogP contribution < -0.4 is 10.2 Å². The van der Waals surface area contributed by atoms with Gasteiger partial charge in [-0.05, 0) is 30.7 Å². The number of hydrogen-bond donors (Lipinski definition) is 2. The molecule has 0 saturated heterocycles. The Labute approximate surface area is 82.2 Å². The predicted octanol–water partition coefficient (Wildman–Crippen LogP) is 2.01. The van der Waals surface area contributed by atoms with Crippen molar-refractivity contribution in [3.63, 3.8) is 0 Å². The molecule has 0 aromatic heterocycles. The second kappa shape index (κ2) is 5.07. The quantitative estimate of drug-likeness (QED) is 0.579. The van der Waals surface area contributed by atoms with Crippen LogP contribution in [0.2, 0.25) is 5.02 Å². The maximum absolute atomic E-state index is 8.29. The lowest BCUT2D eigenvalue weighted by Crippen LogP contribution is -2.16. The maximum Gasteiger partial charge on any atom is 0.119 e. The van der Waals surface area contributed by atoms with Crippen molar-refractivity contribution in [2.45, 2.75) is 6.92 Å². The van der Waals surface area contributed by atoms with E-state index >= 15 is 0 Å². The molecule has 0 heterocycles. The lowest BCUT2D eigenvalue weighted by Gasteiger charge is -2.06. The zero-order valence-corrected chi connectivity index (χ0v) is 8.14. The number of benzene rings is 1. The molecule has 3 nitrogen and oxygen atoms in total. The Morgan fingerprint density at radius 2 is 2.31 bits per heavy atom. The lowest BCUT2D eigenvalue weighted by atomic mass is 10.2. The van der Waals surface area contributed by atoms with Gasteiger partial charge in [-0.2, -0.15) is 0 Å². The van der Waals surface area contributed by atoms with E-state index in [1.165, 1.54) is 0 Å². The van der Waals surface area contributed by atoms with Crippen molar-refractivity contribution in [1.82, 2.24) is 5.48 Å². The maximum atomic E-state index is 8.29. The van der Waals surface area contributed by atoms with E-state index in [1.54, 1.807) is 12.1 Å². The Morgan fingerprint density at radius 1 is 1.54 bits per heavy atom. The fourth-order valence-electron chi connectivity index (χ4n) is 0.921. The first-order valence-corrected chi connectivity index (χ1v) is 4.37. The topological polar surface area (TPSA) is 41.5 Å². The predicted molar refractivity (Wildman–Crippen MR) is 51.5 cm³/mol. The Morgan fingerprint density at radius 3 is 2.92 bits per heavy atom. The molecule has 0 radical (unpaired) electrons. The van der Waals surface area contributed by atoms with E-state index in [2.05, 4.69) is 0 Å². The summed E-state index contributed by atoms with van der Waals surface area (Å²) in [6.45, 7) is 2.75. The molecular formula is C9H12ClNO2. The van der Waals surface area contributed by atoms with Crippen LogP contribution in [0.25, 0.3) is 0 Å². The van der Waals surface area contributed by atoms with E-state index in [0.29, 0.717) is 13.2 Å². The van der Waals surface area contributed by atoms with Gasteiger partial charge >= 0.3 is 0 Å². The number of nitrogens with one attached hydrogen (secondary N) is 1. The van der Waals surface area contributed by atoms with Gasteiger partial charge in [0.15, 0.2) is 0 Å². The number of ether oxygens (including phenoxy) is 1. The van der Waals surface area contributed by atoms with Gasteiger partial charge in [-0.15, -0.1) is 0 Å². The smallest absolute Gasteiger partial charge is 0.119 e. The fraction of sp³-hybridized carbons (Fsp3) is 0.333. The van der Waals surface area contributed by atoms with E-state index in [-0.39, 0.29) is 0 Å². The molecule has 1 aromatic rings. The molecule has 0 atom stereocenters. The first-order valence-electron chi connectivity index (χ1n) is 4.00. The third kappa shape index (κ3) is 3.22. The third-order valence-corrected chi connectivity index (χ3v) is 2.04. The average molecular weight is 202 g/mol. The van der Waals surface area contributed by atoms with Crippen LogP contribution in [0.1, 0.15) is 5.56 Å². The van der Waals surface area contributed by atoms with Crippen LogP contribution in [0.15, 0.2) is 18.2 Å². The van der Waals surface area contributed by atoms with E-state index in [0.717, 1.165) is 16.3 Å². The lowest BCUT2D eigenvalue weighted by molar-refractivity contribution is 0.145. The van der Waals surface area contributed by atoms with Gasteiger partial charge in [0.05, 0.1) is 6.54 Å². The molecule has 0 aliphatic heterocycles. The van der Waals surface area contributed by atoms with Crippen LogP contribution in [0.3, 0.4) is 0 Å². The summed E-state index contributed by atoms with van der Waals surface area (Å²) < 4.78 is 5.30. The van der Waals surface area contributed by atoms with Crippen LogP contribution in [0.4, 0.5) is 0 Å². The molecule has 0 aliphatic carbocycles. The monoisotopic (exact) mass is 201 g/mol. The minimum Gasteiger partial charge on any atom is -0.492 e. The van der Waals surface area contributed by atoms with Gasteiger partial charge in [-0.3, -0.25) is 0 Å². The van der Waals surface area contributed by atoms with Crippen LogP contribution in [-0.4, -0.2) is 18.4 Å². The van der Waals surface area contributed by atoms with E-state index in [4.69, 9.17) is 21.5 Å². The van der Waals surface area contributed by atoms with Crippen molar-refractivity contribution < 1.29 is 9.94 Å². The molecule has 13 heavy (non-hydrogen) atoms. The van der Waals surface area contributed by atoms with Crippen LogP contribution in [0.5, 0.6) is 5.75 Å². The van der Waals surface area contributed by atoms with Crippen molar-refractivity contribution >= 4 is 11.6 Å². The highest BCUT2D eigenvalue weighted by molar-refractivity contribution is 6.31. The number of hydrogen-bond acceptors (Lipinski definition) is 3. The van der Waals surface area contributed by atoms with Crippen molar-refractivity contribution in [2.75, 3.05) is 13.2 Å². The van der Waals surface area contributed by atoms with Gasteiger partial charge in [-0.25, -0.2) is 5.48 Å². The molecule has 0 fully saturated rings. The van der Waals surface area contributed by atoms with Crippen molar-refractivity contribution in [3.8, 4) is 5.75 Å². The summed E-state index contributed by atoms with van der Waals surface area (Å²) in [4.78, 5) is 0. The normalized spacial score (nSPS) is 10.1. The summed E-state index contributed by atoms with van der Waals surface area (Å²) in [7, 11) is 0. The Balaban J connectivity index is 2.53. The van der Waals surface area contributed by atoms with Crippen LogP contribution >= 0.6 is 11.6 Å². The first-order chi connectivity index (χ1) is 6.24. The molecule has 0 saturated carbocycles. The molecule has 1 rings (SSSR count). The van der Waals surface area contributed by atoms with E-state index < -0.39 is 0 Å². The minimum absolute atomic E-state index is 0.404. The highest BCUT2D eigenvalue weighted by Gasteiger charge is 1.97. The second-order valence-corrected chi connectivity index (χ2v) is 3.07. The van der Waals surface area contributed by atoms with Gasteiger partial charge in [-0.1, -0.05) is 11.6 Å². The molecule has 0 aliphatic rings. The first kappa shape index (κ1) is 10.3. The van der Waals surface area contributed by atoms with Crippen LogP contribution in [0, 0.1) is 6.92 Å². The Hall–Kier alpha value is -0.770. The highest BCUT2D eigenvalue weighted by atomic mass is 35.5. The fourth-order valence-corrected chi connectivity index (χ4v) is 1.04. The number of aryl methyl sites for hydroxylation is 1. The van der Waals surface area contributed by atoms with E-state index in [1.807, 2.05) is 18.5 Å². The van der Waals surface area contributed by atoms with Crippen molar-refractivity contribution in [2.24, 2.45) is 0 Å². The SMILES string of the molecule is Cc1cc(OCCNO)ccc1Cl. The van der Waals surface area contributed by atoms with Crippen molar-refractivity contribution in [1.29, 1.82) is 0 Å². The molecule has 4 heteroatoms. The third-order valence-electron chi connectivity index (χ3n) is 1.61. The summed E-state index contributed by atoms with van der Waals surface area (Å²) >= 11 is 5.83. The van der Waals surface area contributed by atoms with Gasteiger partial charge in [0.1, 0.15) is 12.4 Å². The number of halogens is 1. The summed E-state index contributed by atoms with van der Waals surface area (Å²) in [6.07, 6.45) is 0. The molecule has 0 spiro atoms. The standard InChI is InChI=1S/C9H12ClNO2/c1-7-6-8(2-3-9(7)10)13-5-4-11-12/h2-3,6,11-12H,4-5H2,1H3. The summed E-state index contributed by atoms with van der Waals surface area (Å²) in [5, 5.41) is 9.02. The zero-order chi connectivity index (χ0) is 9.68. The average Bonchev–Trinajstić information content (AvgIpc) is 2.12. The van der Waals surface area contributed by atoms with Gasteiger partial charge < -0.3 is 9.94 Å². The number of rotatable bonds is 4. The molecule has 0 unspecified atom stereocenters. The van der Waals surface area contributed by atoms with Gasteiger partial charge in [0, 0.05) is 5.02 Å². The molecule has 0 bridgehead atoms. The molecule has 1 aromatic carbocycles. The van der Waals surface area contributed by atoms with E-state index in [9.17, 15) is 0 Å². The van der Waals surface area contributed by atoms with Crippen LogP contribution in [-0.2, 0) is 0 Å². The minimum atomic E-state index is 0.404.